The average Bonchev–Trinajstić information content (AvgIpc) is 2.64. The quantitative estimate of drug-likeness (QED) is 0.592. The summed E-state index contributed by atoms with van der Waals surface area (Å²) < 4.78 is 28.6. The largest absolute Gasteiger partial charge is 0.322 e. The van der Waals surface area contributed by atoms with Gasteiger partial charge in [-0.25, -0.2) is 8.42 Å². The highest BCUT2D eigenvalue weighted by Gasteiger charge is 2.19. The minimum atomic E-state index is -3.82. The van der Waals surface area contributed by atoms with Crippen LogP contribution in [0.5, 0.6) is 0 Å². The lowest BCUT2D eigenvalue weighted by molar-refractivity contribution is 0.102. The number of para-hydroxylation sites is 2. The molecule has 1 amide bonds. The first-order chi connectivity index (χ1) is 12.9. The zero-order chi connectivity index (χ0) is 19.4. The summed E-state index contributed by atoms with van der Waals surface area (Å²) >= 11 is 3.28. The summed E-state index contributed by atoms with van der Waals surface area (Å²) in [6.07, 6.45) is 0. The predicted octanol–water partition coefficient (Wildman–Crippen LogP) is 4.81. The molecule has 0 saturated heterocycles. The van der Waals surface area contributed by atoms with Crippen LogP contribution in [0.15, 0.2) is 82.2 Å². The molecule has 3 rings (SSSR count). The molecule has 0 fully saturated rings. The number of benzene rings is 3. The lowest BCUT2D eigenvalue weighted by Crippen LogP contribution is -2.19. The van der Waals surface area contributed by atoms with Crippen LogP contribution >= 0.6 is 15.9 Å². The zero-order valence-corrected chi connectivity index (χ0v) is 16.8. The predicted molar refractivity (Wildman–Crippen MR) is 111 cm³/mol. The van der Waals surface area contributed by atoms with Gasteiger partial charge < -0.3 is 5.32 Å². The van der Waals surface area contributed by atoms with E-state index in [-0.39, 0.29) is 16.1 Å². The fourth-order valence-electron chi connectivity index (χ4n) is 2.49. The van der Waals surface area contributed by atoms with Gasteiger partial charge in [0.05, 0.1) is 16.1 Å². The first-order valence-corrected chi connectivity index (χ1v) is 10.4. The van der Waals surface area contributed by atoms with E-state index in [1.807, 2.05) is 25.1 Å². The molecule has 2 N–H and O–H groups in total. The van der Waals surface area contributed by atoms with Crippen molar-refractivity contribution in [2.45, 2.75) is 11.8 Å². The van der Waals surface area contributed by atoms with Crippen LogP contribution in [-0.2, 0) is 10.0 Å². The second-order valence-corrected chi connectivity index (χ2v) is 8.47. The summed E-state index contributed by atoms with van der Waals surface area (Å²) in [5, 5.41) is 2.82. The third-order valence-electron chi connectivity index (χ3n) is 3.93. The van der Waals surface area contributed by atoms with Crippen LogP contribution in [0, 0.1) is 6.92 Å². The standard InChI is InChI=1S/C20H17BrN2O3S/c1-14-6-2-4-8-18(14)22-20(24)17-7-3-5-9-19(17)23-27(25,26)16-12-10-15(21)11-13-16/h2-13,23H,1H3,(H,22,24). The molecule has 0 heterocycles. The fraction of sp³-hybridized carbons (Fsp3) is 0.0500. The number of halogens is 1. The summed E-state index contributed by atoms with van der Waals surface area (Å²) in [7, 11) is -3.82. The van der Waals surface area contributed by atoms with Crippen LogP contribution < -0.4 is 10.0 Å². The van der Waals surface area contributed by atoms with E-state index in [4.69, 9.17) is 0 Å². The molecule has 0 aliphatic heterocycles. The van der Waals surface area contributed by atoms with E-state index < -0.39 is 15.9 Å². The topological polar surface area (TPSA) is 75.3 Å². The van der Waals surface area contributed by atoms with Crippen LogP contribution in [0.2, 0.25) is 0 Å². The Morgan fingerprint density at radius 2 is 1.44 bits per heavy atom. The smallest absolute Gasteiger partial charge is 0.261 e. The Kier molecular flexibility index (Phi) is 5.62. The number of rotatable bonds is 5. The summed E-state index contributed by atoms with van der Waals surface area (Å²) in [5.41, 5.74) is 2.04. The van der Waals surface area contributed by atoms with Crippen molar-refractivity contribution in [2.24, 2.45) is 0 Å². The monoisotopic (exact) mass is 444 g/mol. The second kappa shape index (κ2) is 7.94. The Bertz CT molecular complexity index is 1080. The highest BCUT2D eigenvalue weighted by atomic mass is 79.9. The number of amides is 1. The van der Waals surface area contributed by atoms with Gasteiger partial charge in [0, 0.05) is 10.2 Å². The van der Waals surface area contributed by atoms with Crippen molar-refractivity contribution in [3.8, 4) is 0 Å². The fourth-order valence-corrected chi connectivity index (χ4v) is 3.83. The SMILES string of the molecule is Cc1ccccc1NC(=O)c1ccccc1NS(=O)(=O)c1ccc(Br)cc1. The molecular formula is C20H17BrN2O3S. The number of sulfonamides is 1. The number of anilines is 2. The maximum Gasteiger partial charge on any atom is 0.261 e. The average molecular weight is 445 g/mol. The molecule has 138 valence electrons. The Morgan fingerprint density at radius 3 is 2.11 bits per heavy atom. The van der Waals surface area contributed by atoms with Gasteiger partial charge in [-0.1, -0.05) is 46.3 Å². The molecule has 0 radical (unpaired) electrons. The van der Waals surface area contributed by atoms with E-state index in [1.165, 1.54) is 12.1 Å². The molecule has 3 aromatic carbocycles. The van der Waals surface area contributed by atoms with Crippen LogP contribution in [0.25, 0.3) is 0 Å². The number of carbonyl (C=O) groups is 1. The molecule has 0 aromatic heterocycles. The molecule has 0 saturated carbocycles. The van der Waals surface area contributed by atoms with Crippen molar-refractivity contribution < 1.29 is 13.2 Å². The summed E-state index contributed by atoms with van der Waals surface area (Å²) in [6.45, 7) is 1.89. The third-order valence-corrected chi connectivity index (χ3v) is 5.84. The van der Waals surface area contributed by atoms with E-state index >= 15 is 0 Å². The van der Waals surface area contributed by atoms with Crippen LogP contribution in [0.4, 0.5) is 11.4 Å². The van der Waals surface area contributed by atoms with Gasteiger partial charge in [0.15, 0.2) is 0 Å². The van der Waals surface area contributed by atoms with E-state index in [0.29, 0.717) is 5.69 Å². The van der Waals surface area contributed by atoms with Crippen molar-refractivity contribution in [1.29, 1.82) is 0 Å². The Hall–Kier alpha value is -2.64. The first-order valence-electron chi connectivity index (χ1n) is 8.11. The molecule has 5 nitrogen and oxygen atoms in total. The maximum absolute atomic E-state index is 12.7. The number of carbonyl (C=O) groups excluding carboxylic acids is 1. The number of aryl methyl sites for hydroxylation is 1. The molecular weight excluding hydrogens is 428 g/mol. The van der Waals surface area contributed by atoms with Gasteiger partial charge in [-0.05, 0) is 55.0 Å². The highest BCUT2D eigenvalue weighted by molar-refractivity contribution is 9.10. The molecule has 27 heavy (non-hydrogen) atoms. The van der Waals surface area contributed by atoms with Crippen LogP contribution in [0.1, 0.15) is 15.9 Å². The van der Waals surface area contributed by atoms with Crippen LogP contribution in [-0.4, -0.2) is 14.3 Å². The highest BCUT2D eigenvalue weighted by Crippen LogP contribution is 2.23. The summed E-state index contributed by atoms with van der Waals surface area (Å²) in [5.74, 6) is -0.390. The minimum absolute atomic E-state index is 0.111. The van der Waals surface area contributed by atoms with E-state index in [1.54, 1.807) is 42.5 Å². The van der Waals surface area contributed by atoms with Crippen molar-refractivity contribution in [3.63, 3.8) is 0 Å². The van der Waals surface area contributed by atoms with Gasteiger partial charge in [0.1, 0.15) is 0 Å². The third kappa shape index (κ3) is 4.56. The Labute approximate surface area is 166 Å². The summed E-state index contributed by atoms with van der Waals surface area (Å²) in [4.78, 5) is 12.8. The van der Waals surface area contributed by atoms with Gasteiger partial charge >= 0.3 is 0 Å². The molecule has 3 aromatic rings. The van der Waals surface area contributed by atoms with Gasteiger partial charge in [0.2, 0.25) is 0 Å². The van der Waals surface area contributed by atoms with Gasteiger partial charge in [-0.2, -0.15) is 0 Å². The molecule has 0 aliphatic rings. The summed E-state index contributed by atoms with van der Waals surface area (Å²) in [6, 6.07) is 20.1. The van der Waals surface area contributed by atoms with E-state index in [0.717, 1.165) is 10.0 Å². The Morgan fingerprint density at radius 1 is 0.852 bits per heavy atom. The maximum atomic E-state index is 12.7. The van der Waals surface area contributed by atoms with Crippen molar-refractivity contribution in [2.75, 3.05) is 10.0 Å². The second-order valence-electron chi connectivity index (χ2n) is 5.87. The number of hydrogen-bond acceptors (Lipinski definition) is 3. The van der Waals surface area contributed by atoms with Crippen molar-refractivity contribution in [1.82, 2.24) is 0 Å². The van der Waals surface area contributed by atoms with Gasteiger partial charge in [0.25, 0.3) is 15.9 Å². The van der Waals surface area contributed by atoms with Crippen molar-refractivity contribution >= 4 is 43.2 Å². The number of hydrogen-bond donors (Lipinski definition) is 2. The number of nitrogens with one attached hydrogen (secondary N) is 2. The van der Waals surface area contributed by atoms with Gasteiger partial charge in [-0.15, -0.1) is 0 Å². The minimum Gasteiger partial charge on any atom is -0.322 e. The molecule has 7 heteroatoms. The Balaban J connectivity index is 1.89. The normalized spacial score (nSPS) is 11.0. The van der Waals surface area contributed by atoms with E-state index in [2.05, 4.69) is 26.0 Å². The molecule has 0 bridgehead atoms. The molecule has 0 unspecified atom stereocenters. The van der Waals surface area contributed by atoms with Crippen molar-refractivity contribution in [3.05, 3.63) is 88.4 Å². The van der Waals surface area contributed by atoms with E-state index in [9.17, 15) is 13.2 Å². The zero-order valence-electron chi connectivity index (χ0n) is 14.4. The lowest BCUT2D eigenvalue weighted by Gasteiger charge is -2.13. The van der Waals surface area contributed by atoms with Crippen LogP contribution in [0.3, 0.4) is 0 Å². The lowest BCUT2D eigenvalue weighted by atomic mass is 10.1. The molecule has 0 spiro atoms. The molecule has 0 atom stereocenters. The molecule has 0 aliphatic carbocycles. The first kappa shape index (κ1) is 19.1. The van der Waals surface area contributed by atoms with Gasteiger partial charge in [-0.3, -0.25) is 9.52 Å².